The number of methoxy groups -OCH3 is 1. The van der Waals surface area contributed by atoms with Crippen LogP contribution in [-0.2, 0) is 6.50 Å². The predicted octanol–water partition coefficient (Wildman–Crippen LogP) is 3.89. The molecule has 2 atom stereocenters. The van der Waals surface area contributed by atoms with Gasteiger partial charge < -0.3 is 19.5 Å². The highest BCUT2D eigenvalue weighted by molar-refractivity contribution is 5.85. The van der Waals surface area contributed by atoms with Crippen molar-refractivity contribution in [3.8, 4) is 28.7 Å². The van der Waals surface area contributed by atoms with Crippen LogP contribution in [0.1, 0.15) is 49.2 Å². The Morgan fingerprint density at radius 2 is 2.00 bits per heavy atom. The van der Waals surface area contributed by atoms with Gasteiger partial charge in [-0.15, -0.1) is 0 Å². The SMILES string of the molecule is [2H]C([2H])([2H])Oc1ccc(C([2H])([2H])N2C3([2H])CC2([2H])C([2H])([2H])N(c2ccc(-c4cc(OC([2H])([2H])C(C)(C)O)cn5ncc(C#N)c45)cn2)C3([2H])[2H])cc1. The minimum atomic E-state index is -2.99. The van der Waals surface area contributed by atoms with E-state index in [0.717, 1.165) is 0 Å². The number of benzene rings is 1. The van der Waals surface area contributed by atoms with E-state index in [1.807, 2.05) is 6.07 Å². The Morgan fingerprint density at radius 1 is 1.21 bits per heavy atom. The Labute approximate surface area is 246 Å². The number of ether oxygens (including phenoxy) is 2. The molecule has 200 valence electrons. The third kappa shape index (κ3) is 5.01. The van der Waals surface area contributed by atoms with Crippen LogP contribution in [0.15, 0.2) is 61.1 Å². The summed E-state index contributed by atoms with van der Waals surface area (Å²) < 4.78 is 122. The lowest BCUT2D eigenvalue weighted by Gasteiger charge is -2.56. The maximum absolute atomic E-state index is 10.3. The summed E-state index contributed by atoms with van der Waals surface area (Å²) in [5.74, 6) is -0.506. The molecule has 7 rings (SSSR count). The second-order valence-corrected chi connectivity index (χ2v) is 9.42. The molecule has 0 aliphatic carbocycles. The van der Waals surface area contributed by atoms with Crippen LogP contribution in [0.5, 0.6) is 11.5 Å². The first-order chi connectivity index (χ1) is 23.7. The summed E-state index contributed by atoms with van der Waals surface area (Å²) in [7, 11) is -2.77. The fourth-order valence-electron chi connectivity index (χ4n) is 4.15. The Kier molecular flexibility index (Phi) is 3.62. The molecule has 9 heteroatoms. The van der Waals surface area contributed by atoms with Crippen molar-refractivity contribution in [3.05, 3.63) is 72.2 Å². The van der Waals surface area contributed by atoms with Gasteiger partial charge in [-0.1, -0.05) is 12.1 Å². The number of anilines is 1. The van der Waals surface area contributed by atoms with Gasteiger partial charge in [0.15, 0.2) is 0 Å². The topological polar surface area (TPSA) is 99.1 Å². The fraction of sp³-hybridized carbons (Fsp3) is 0.367. The Bertz CT molecular complexity index is 2050. The number of fused-ring (bicyclic) bond motifs is 3. The van der Waals surface area contributed by atoms with Gasteiger partial charge in [-0.2, -0.15) is 10.4 Å². The Balaban J connectivity index is 1.38. The summed E-state index contributed by atoms with van der Waals surface area (Å²) in [5.41, 5.74) is -1.13. The van der Waals surface area contributed by atoms with Gasteiger partial charge in [0.05, 0.1) is 48.4 Å². The molecular formula is C30H32N6O3. The van der Waals surface area contributed by atoms with Gasteiger partial charge in [-0.25, -0.2) is 9.50 Å². The van der Waals surface area contributed by atoms with Gasteiger partial charge >= 0.3 is 0 Å². The van der Waals surface area contributed by atoms with Crippen LogP contribution in [0.4, 0.5) is 5.82 Å². The molecule has 3 aromatic heterocycles. The number of hydrogen-bond donors (Lipinski definition) is 1. The number of hydrogen-bond acceptors (Lipinski definition) is 8. The second-order valence-electron chi connectivity index (χ2n) is 9.42. The lowest BCUT2D eigenvalue weighted by molar-refractivity contribution is -0.00868. The monoisotopic (exact) mass is 537 g/mol. The van der Waals surface area contributed by atoms with Crippen LogP contribution in [0.2, 0.25) is 0 Å². The fourth-order valence-corrected chi connectivity index (χ4v) is 4.15. The molecule has 2 bridgehead atoms. The van der Waals surface area contributed by atoms with E-state index in [2.05, 4.69) is 10.1 Å². The maximum Gasteiger partial charge on any atom is 0.138 e. The molecule has 3 aliphatic heterocycles. The van der Waals surface area contributed by atoms with Crippen LogP contribution in [-0.4, -0.2) is 68.8 Å². The van der Waals surface area contributed by atoms with Crippen molar-refractivity contribution >= 4 is 11.3 Å². The molecule has 6 heterocycles. The molecule has 0 spiro atoms. The van der Waals surface area contributed by atoms with Gasteiger partial charge in [0.25, 0.3) is 0 Å². The van der Waals surface area contributed by atoms with Crippen molar-refractivity contribution in [3.63, 3.8) is 0 Å². The van der Waals surface area contributed by atoms with Crippen molar-refractivity contribution in [1.29, 1.82) is 5.26 Å². The summed E-state index contributed by atoms with van der Waals surface area (Å²) in [6.45, 7) is -8.87. The largest absolute Gasteiger partial charge is 0.497 e. The average molecular weight is 538 g/mol. The van der Waals surface area contributed by atoms with Gasteiger partial charge in [-0.3, -0.25) is 4.90 Å². The molecule has 1 N–H and O–H groups in total. The molecule has 39 heavy (non-hydrogen) atoms. The third-order valence-electron chi connectivity index (χ3n) is 5.98. The summed E-state index contributed by atoms with van der Waals surface area (Å²) in [6, 6.07) is 5.72. The Morgan fingerprint density at radius 3 is 2.67 bits per heavy atom. The van der Waals surface area contributed by atoms with Crippen molar-refractivity contribution in [2.75, 3.05) is 31.5 Å². The highest BCUT2D eigenvalue weighted by Crippen LogP contribution is 2.37. The van der Waals surface area contributed by atoms with E-state index >= 15 is 0 Å². The van der Waals surface area contributed by atoms with Crippen LogP contribution in [0, 0.1) is 11.3 Å². The average Bonchev–Trinajstić information content (AvgIpc) is 3.41. The zero-order chi connectivity index (χ0) is 38.7. The highest BCUT2D eigenvalue weighted by atomic mass is 16.5. The van der Waals surface area contributed by atoms with E-state index in [0.29, 0.717) is 9.80 Å². The van der Waals surface area contributed by atoms with Gasteiger partial charge in [0.2, 0.25) is 0 Å². The number of nitriles is 1. The van der Waals surface area contributed by atoms with E-state index < -0.39 is 57.1 Å². The molecule has 0 saturated carbocycles. The Hall–Kier alpha value is -4.13. The summed E-state index contributed by atoms with van der Waals surface area (Å²) in [5, 5.41) is 24.2. The summed E-state index contributed by atoms with van der Waals surface area (Å²) in [4.78, 5) is 5.38. The number of pyridine rings is 2. The zero-order valence-corrected chi connectivity index (χ0v) is 20.9. The lowest BCUT2D eigenvalue weighted by atomic mass is 9.86. The summed E-state index contributed by atoms with van der Waals surface area (Å²) in [6.07, 6.45) is 3.12. The molecular weight excluding hydrogens is 492 g/mol. The predicted molar refractivity (Wildman–Crippen MR) is 148 cm³/mol. The molecule has 4 aromatic rings. The standard InChI is InChI=1S/C30H32N6O3/c1-30(2,37)19-39-26-11-27(29-22(12-31)14-33-36(29)18-26)21-6-9-28(32-13-21)34-16-23-10-24(17-34)35(23)15-20-4-7-25(38-3)8-5-20/h4-9,11,13-14,18,23-24,37H,10,15-17,19H2,1-3H3/i3D3,15D2,16D2,17D2,19D2,23D,24D. The lowest BCUT2D eigenvalue weighted by Crippen LogP contribution is -2.68. The number of aromatic nitrogens is 3. The van der Waals surface area contributed by atoms with E-state index in [1.165, 1.54) is 79.4 Å². The number of piperazine rings is 1. The molecule has 3 fully saturated rings. The smallest absolute Gasteiger partial charge is 0.138 e. The second kappa shape index (κ2) is 9.88. The van der Waals surface area contributed by atoms with Gasteiger partial charge in [-0.05, 0) is 56.2 Å². The molecule has 3 saturated heterocycles. The van der Waals surface area contributed by atoms with Crippen LogP contribution in [0.25, 0.3) is 16.6 Å². The molecule has 0 amide bonds. The van der Waals surface area contributed by atoms with Crippen molar-refractivity contribution in [2.45, 2.75) is 44.4 Å². The van der Waals surface area contributed by atoms with E-state index in [4.69, 9.17) is 24.6 Å². The molecule has 2 unspecified atom stereocenters. The highest BCUT2D eigenvalue weighted by Gasteiger charge is 2.44. The van der Waals surface area contributed by atoms with E-state index in [-0.39, 0.29) is 45.1 Å². The molecule has 1 aromatic carbocycles. The van der Waals surface area contributed by atoms with Crippen molar-refractivity contribution < 1.29 is 32.4 Å². The van der Waals surface area contributed by atoms with Crippen LogP contribution >= 0.6 is 0 Å². The molecule has 0 radical (unpaired) electrons. The van der Waals surface area contributed by atoms with Crippen LogP contribution < -0.4 is 14.4 Å². The van der Waals surface area contributed by atoms with E-state index in [1.54, 1.807) is 0 Å². The first-order valence-electron chi connectivity index (χ1n) is 18.4. The first kappa shape index (κ1) is 14.3. The quantitative estimate of drug-likeness (QED) is 0.362. The number of piperidine rings is 1. The summed E-state index contributed by atoms with van der Waals surface area (Å²) >= 11 is 0. The number of aliphatic hydroxyl groups is 1. The van der Waals surface area contributed by atoms with Crippen molar-refractivity contribution in [2.24, 2.45) is 0 Å². The van der Waals surface area contributed by atoms with Gasteiger partial charge in [0.1, 0.15) is 29.9 Å². The maximum atomic E-state index is 10.3. The van der Waals surface area contributed by atoms with Crippen molar-refractivity contribution in [1.82, 2.24) is 19.5 Å². The molecule has 3 aliphatic rings. The minimum Gasteiger partial charge on any atom is -0.497 e. The number of nitrogens with zero attached hydrogens (tertiary/aromatic N) is 6. The zero-order valence-electron chi connectivity index (χ0n) is 33.9. The molecule has 9 nitrogen and oxygen atoms in total. The first-order valence-corrected chi connectivity index (χ1v) is 11.9. The van der Waals surface area contributed by atoms with Gasteiger partial charge in [0, 0.05) is 54.3 Å². The van der Waals surface area contributed by atoms with E-state index in [9.17, 15) is 13.1 Å². The van der Waals surface area contributed by atoms with Crippen LogP contribution in [0.3, 0.4) is 0 Å². The third-order valence-corrected chi connectivity index (χ3v) is 5.98. The normalized spacial score (nSPS) is 31.3. The minimum absolute atomic E-state index is 0.0730. The number of rotatable bonds is 8.